The molecule has 0 bridgehead atoms. The van der Waals surface area contributed by atoms with Crippen LogP contribution < -0.4 is 0 Å². The lowest BCUT2D eigenvalue weighted by Crippen LogP contribution is -1.97. The minimum atomic E-state index is 0.715. The molecule has 11 aromatic rings. The Hall–Kier alpha value is -6.62. The van der Waals surface area contributed by atoms with Gasteiger partial charge in [0.15, 0.2) is 5.82 Å². The van der Waals surface area contributed by atoms with E-state index in [9.17, 15) is 0 Å². The predicted molar refractivity (Wildman–Crippen MR) is 221 cm³/mol. The molecule has 3 aromatic heterocycles. The average molecular weight is 680 g/mol. The van der Waals surface area contributed by atoms with Crippen molar-refractivity contribution >= 4 is 75.0 Å². The predicted octanol–water partition coefficient (Wildman–Crippen LogP) is 13.2. The lowest BCUT2D eigenvalue weighted by Gasteiger charge is -2.13. The molecule has 0 saturated heterocycles. The SMILES string of the molecule is c1ccc(-c2ccc(-c3nc(-c4ccc(-n5c6ccccc6c6c7sc8ccccc8c7c7ccccc7c65)cc4)nc4ccccc34)cc2)cc1. The summed E-state index contributed by atoms with van der Waals surface area (Å²) < 4.78 is 5.11. The zero-order valence-electron chi connectivity index (χ0n) is 28.0. The fourth-order valence-electron chi connectivity index (χ4n) is 8.03. The molecule has 242 valence electrons. The Labute approximate surface area is 303 Å². The third kappa shape index (κ3) is 4.38. The summed E-state index contributed by atoms with van der Waals surface area (Å²) in [5.41, 5.74) is 9.85. The van der Waals surface area contributed by atoms with Crippen LogP contribution >= 0.6 is 11.3 Å². The van der Waals surface area contributed by atoms with Crippen molar-refractivity contribution in [3.8, 4) is 39.5 Å². The third-order valence-electron chi connectivity index (χ3n) is 10.4. The third-order valence-corrected chi connectivity index (χ3v) is 11.6. The zero-order valence-corrected chi connectivity index (χ0v) is 28.8. The number of nitrogens with zero attached hydrogens (tertiary/aromatic N) is 3. The molecule has 0 amide bonds. The maximum absolute atomic E-state index is 5.22. The largest absolute Gasteiger partial charge is 0.309 e. The van der Waals surface area contributed by atoms with Gasteiger partial charge in [-0.3, -0.25) is 0 Å². The van der Waals surface area contributed by atoms with Gasteiger partial charge in [0.2, 0.25) is 0 Å². The molecular formula is C48H29N3S. The van der Waals surface area contributed by atoms with E-state index in [0.717, 1.165) is 33.4 Å². The van der Waals surface area contributed by atoms with Crippen LogP contribution in [-0.4, -0.2) is 14.5 Å². The molecule has 0 radical (unpaired) electrons. The van der Waals surface area contributed by atoms with Gasteiger partial charge in [-0.25, -0.2) is 9.97 Å². The molecule has 0 N–H and O–H groups in total. The van der Waals surface area contributed by atoms with E-state index in [-0.39, 0.29) is 0 Å². The van der Waals surface area contributed by atoms with Gasteiger partial charge in [0.05, 0.1) is 22.2 Å². The summed E-state index contributed by atoms with van der Waals surface area (Å²) in [7, 11) is 0. The van der Waals surface area contributed by atoms with Gasteiger partial charge < -0.3 is 4.57 Å². The molecule has 0 aliphatic rings. The van der Waals surface area contributed by atoms with Crippen molar-refractivity contribution in [3.05, 3.63) is 176 Å². The molecular weight excluding hydrogens is 651 g/mol. The highest BCUT2D eigenvalue weighted by atomic mass is 32.1. The number of aromatic nitrogens is 3. The van der Waals surface area contributed by atoms with Crippen molar-refractivity contribution in [2.45, 2.75) is 0 Å². The van der Waals surface area contributed by atoms with Gasteiger partial charge in [-0.05, 0) is 59.0 Å². The van der Waals surface area contributed by atoms with Gasteiger partial charge in [0, 0.05) is 58.5 Å². The number of hydrogen-bond donors (Lipinski definition) is 0. The highest BCUT2D eigenvalue weighted by Gasteiger charge is 2.21. The van der Waals surface area contributed by atoms with E-state index >= 15 is 0 Å². The summed E-state index contributed by atoms with van der Waals surface area (Å²) in [6, 6.07) is 62.8. The van der Waals surface area contributed by atoms with E-state index in [1.165, 1.54) is 63.9 Å². The lowest BCUT2D eigenvalue weighted by atomic mass is 9.99. The van der Waals surface area contributed by atoms with Crippen molar-refractivity contribution in [1.82, 2.24) is 14.5 Å². The van der Waals surface area contributed by atoms with Gasteiger partial charge in [0.25, 0.3) is 0 Å². The minimum absolute atomic E-state index is 0.715. The molecule has 0 unspecified atom stereocenters. The first-order valence-corrected chi connectivity index (χ1v) is 18.4. The number of para-hydroxylation sites is 2. The van der Waals surface area contributed by atoms with Crippen molar-refractivity contribution in [1.29, 1.82) is 0 Å². The molecule has 8 aromatic carbocycles. The van der Waals surface area contributed by atoms with E-state index in [0.29, 0.717) is 5.82 Å². The van der Waals surface area contributed by atoms with Gasteiger partial charge >= 0.3 is 0 Å². The average Bonchev–Trinajstić information content (AvgIpc) is 3.78. The summed E-state index contributed by atoms with van der Waals surface area (Å²) in [6.07, 6.45) is 0. The number of fused-ring (bicyclic) bond motifs is 11. The summed E-state index contributed by atoms with van der Waals surface area (Å²) in [6.45, 7) is 0. The van der Waals surface area contributed by atoms with Crippen LogP contribution in [0, 0.1) is 0 Å². The Bertz CT molecular complexity index is 3160. The highest BCUT2D eigenvalue weighted by molar-refractivity contribution is 7.27. The summed E-state index contributed by atoms with van der Waals surface area (Å²) in [5.74, 6) is 0.715. The molecule has 52 heavy (non-hydrogen) atoms. The Balaban J connectivity index is 1.09. The van der Waals surface area contributed by atoms with Crippen LogP contribution in [0.4, 0.5) is 0 Å². The van der Waals surface area contributed by atoms with Crippen molar-refractivity contribution < 1.29 is 0 Å². The molecule has 0 spiro atoms. The summed E-state index contributed by atoms with van der Waals surface area (Å²) >= 11 is 1.90. The molecule has 4 heteroatoms. The van der Waals surface area contributed by atoms with Crippen LogP contribution in [0.2, 0.25) is 0 Å². The first-order valence-electron chi connectivity index (χ1n) is 17.6. The number of hydrogen-bond acceptors (Lipinski definition) is 3. The van der Waals surface area contributed by atoms with E-state index in [1.54, 1.807) is 0 Å². The summed E-state index contributed by atoms with van der Waals surface area (Å²) in [5, 5.41) is 8.84. The second-order valence-corrected chi connectivity index (χ2v) is 14.4. The quantitative estimate of drug-likeness (QED) is 0.185. The van der Waals surface area contributed by atoms with E-state index in [1.807, 2.05) is 23.5 Å². The Morgan fingerprint density at radius 3 is 1.81 bits per heavy atom. The first-order chi connectivity index (χ1) is 25.8. The maximum atomic E-state index is 5.22. The Kier molecular flexibility index (Phi) is 6.42. The van der Waals surface area contributed by atoms with Crippen LogP contribution in [-0.2, 0) is 0 Å². The standard InChI is InChI=1S/C48H29N3S/c1-2-12-30(13-3-1)31-22-24-32(25-23-31)45-37-16-6-9-19-40(37)49-48(50-45)33-26-28-34(29-27-33)51-41-20-10-7-17-38(41)44-46(51)36-15-5-4-14-35(36)43-39-18-8-11-21-42(39)52-47(43)44/h1-29H. The van der Waals surface area contributed by atoms with Crippen LogP contribution in [0.25, 0.3) is 103 Å². The van der Waals surface area contributed by atoms with E-state index < -0.39 is 0 Å². The van der Waals surface area contributed by atoms with E-state index in [4.69, 9.17) is 9.97 Å². The second kappa shape index (κ2) is 11.5. The van der Waals surface area contributed by atoms with Crippen molar-refractivity contribution in [2.75, 3.05) is 0 Å². The van der Waals surface area contributed by atoms with Crippen molar-refractivity contribution in [3.63, 3.8) is 0 Å². The monoisotopic (exact) mass is 679 g/mol. The number of thiophene rings is 1. The smallest absolute Gasteiger partial charge is 0.160 e. The molecule has 0 atom stereocenters. The second-order valence-electron chi connectivity index (χ2n) is 13.3. The highest BCUT2D eigenvalue weighted by Crippen LogP contribution is 2.48. The molecule has 0 aliphatic carbocycles. The zero-order chi connectivity index (χ0) is 34.2. The van der Waals surface area contributed by atoms with Gasteiger partial charge in [0.1, 0.15) is 0 Å². The lowest BCUT2D eigenvalue weighted by molar-refractivity contribution is 1.18. The van der Waals surface area contributed by atoms with E-state index in [2.05, 4.69) is 168 Å². The van der Waals surface area contributed by atoms with Crippen LogP contribution in [0.5, 0.6) is 0 Å². The molecule has 3 heterocycles. The molecule has 0 aliphatic heterocycles. The van der Waals surface area contributed by atoms with Crippen molar-refractivity contribution in [2.24, 2.45) is 0 Å². The minimum Gasteiger partial charge on any atom is -0.309 e. The molecule has 11 rings (SSSR count). The van der Waals surface area contributed by atoms with Gasteiger partial charge in [-0.1, -0.05) is 133 Å². The fourth-order valence-corrected chi connectivity index (χ4v) is 9.30. The van der Waals surface area contributed by atoms with Crippen LogP contribution in [0.15, 0.2) is 176 Å². The topological polar surface area (TPSA) is 30.7 Å². The fraction of sp³-hybridized carbons (Fsp3) is 0. The Morgan fingerprint density at radius 2 is 1.00 bits per heavy atom. The number of benzene rings is 8. The van der Waals surface area contributed by atoms with Crippen LogP contribution in [0.1, 0.15) is 0 Å². The van der Waals surface area contributed by atoms with Gasteiger partial charge in [-0.2, -0.15) is 0 Å². The van der Waals surface area contributed by atoms with Gasteiger partial charge in [-0.15, -0.1) is 11.3 Å². The van der Waals surface area contributed by atoms with Crippen LogP contribution in [0.3, 0.4) is 0 Å². The first kappa shape index (κ1) is 29.1. The number of rotatable bonds is 4. The summed E-state index contributed by atoms with van der Waals surface area (Å²) in [4.78, 5) is 10.3. The molecule has 0 saturated carbocycles. The molecule has 0 fully saturated rings. The normalized spacial score (nSPS) is 11.8. The Morgan fingerprint density at radius 1 is 0.404 bits per heavy atom. The maximum Gasteiger partial charge on any atom is 0.160 e. The molecule has 3 nitrogen and oxygen atoms in total.